The number of nitrogens with two attached hydrogens (primary N) is 1. The van der Waals surface area contributed by atoms with Gasteiger partial charge in [0.1, 0.15) is 6.10 Å². The fourth-order valence-electron chi connectivity index (χ4n) is 2.05. The molecule has 0 bridgehead atoms. The predicted octanol–water partition coefficient (Wildman–Crippen LogP) is 2.28. The maximum Gasteiger partial charge on any atom is 0.416 e. The van der Waals surface area contributed by atoms with Crippen molar-refractivity contribution in [2.75, 3.05) is 11.9 Å². The maximum absolute atomic E-state index is 12.7. The van der Waals surface area contributed by atoms with Gasteiger partial charge in [0.15, 0.2) is 0 Å². The van der Waals surface area contributed by atoms with Gasteiger partial charge in [0.25, 0.3) is 5.91 Å². The van der Waals surface area contributed by atoms with Crippen LogP contribution in [-0.4, -0.2) is 18.6 Å². The van der Waals surface area contributed by atoms with Crippen molar-refractivity contribution in [1.29, 1.82) is 0 Å². The van der Waals surface area contributed by atoms with Crippen LogP contribution < -0.4 is 11.1 Å². The molecular weight excluding hydrogens is 273 g/mol. The second kappa shape index (κ2) is 5.80. The first-order chi connectivity index (χ1) is 9.40. The molecule has 1 aromatic carbocycles. The summed E-state index contributed by atoms with van der Waals surface area (Å²) in [7, 11) is 0. The van der Waals surface area contributed by atoms with Gasteiger partial charge in [-0.05, 0) is 36.6 Å². The Morgan fingerprint density at radius 3 is 2.70 bits per heavy atom. The number of hydrogen-bond acceptors (Lipinski definition) is 3. The molecule has 1 aliphatic heterocycles. The van der Waals surface area contributed by atoms with E-state index in [9.17, 15) is 18.0 Å². The second-order valence-corrected chi connectivity index (χ2v) is 4.61. The molecule has 1 heterocycles. The molecule has 0 radical (unpaired) electrons. The molecule has 0 spiro atoms. The van der Waals surface area contributed by atoms with Gasteiger partial charge in [0, 0.05) is 18.8 Å². The summed E-state index contributed by atoms with van der Waals surface area (Å²) < 4.78 is 43.4. The molecule has 1 aliphatic rings. The lowest BCUT2D eigenvalue weighted by atomic mass is 10.1. The van der Waals surface area contributed by atoms with Crippen LogP contribution in [0.25, 0.3) is 0 Å². The number of ether oxygens (including phenoxy) is 1. The third-order valence-electron chi connectivity index (χ3n) is 3.05. The Morgan fingerprint density at radius 2 is 2.15 bits per heavy atom. The van der Waals surface area contributed by atoms with Gasteiger partial charge in [0.2, 0.25) is 0 Å². The number of rotatable bonds is 3. The average molecular weight is 288 g/mol. The van der Waals surface area contributed by atoms with Crippen molar-refractivity contribution in [3.8, 4) is 0 Å². The van der Waals surface area contributed by atoms with Crippen LogP contribution in [0.3, 0.4) is 0 Å². The van der Waals surface area contributed by atoms with Crippen molar-refractivity contribution >= 4 is 11.6 Å². The minimum Gasteiger partial charge on any atom is -0.368 e. The monoisotopic (exact) mass is 288 g/mol. The molecule has 1 fully saturated rings. The van der Waals surface area contributed by atoms with Gasteiger partial charge in [-0.1, -0.05) is 0 Å². The van der Waals surface area contributed by atoms with E-state index in [1.807, 2.05) is 0 Å². The van der Waals surface area contributed by atoms with E-state index in [2.05, 4.69) is 5.32 Å². The Morgan fingerprint density at radius 1 is 1.40 bits per heavy atom. The summed E-state index contributed by atoms with van der Waals surface area (Å²) in [6.45, 7) is 0.460. The van der Waals surface area contributed by atoms with E-state index in [1.165, 1.54) is 6.07 Å². The Labute approximate surface area is 114 Å². The molecule has 1 atom stereocenters. The number of alkyl halides is 3. The molecule has 0 aliphatic carbocycles. The third kappa shape index (κ3) is 3.49. The SMILES string of the molecule is NCc1cc(NC(=O)C2CCCO2)cc(C(F)(F)F)c1. The number of carbonyl (C=O) groups is 1. The summed E-state index contributed by atoms with van der Waals surface area (Å²) in [5.41, 5.74) is 4.94. The van der Waals surface area contributed by atoms with Crippen LogP contribution >= 0.6 is 0 Å². The number of amides is 1. The number of nitrogens with one attached hydrogen (secondary N) is 1. The zero-order valence-corrected chi connectivity index (χ0v) is 10.7. The molecule has 110 valence electrons. The van der Waals surface area contributed by atoms with Gasteiger partial charge >= 0.3 is 6.18 Å². The van der Waals surface area contributed by atoms with Crippen LogP contribution in [0.2, 0.25) is 0 Å². The quantitative estimate of drug-likeness (QED) is 0.897. The van der Waals surface area contributed by atoms with E-state index in [-0.39, 0.29) is 12.2 Å². The Balaban J connectivity index is 2.20. The second-order valence-electron chi connectivity index (χ2n) is 4.61. The topological polar surface area (TPSA) is 64.3 Å². The van der Waals surface area contributed by atoms with Gasteiger partial charge in [-0.2, -0.15) is 13.2 Å². The largest absolute Gasteiger partial charge is 0.416 e. The highest BCUT2D eigenvalue weighted by atomic mass is 19.4. The van der Waals surface area contributed by atoms with Crippen molar-refractivity contribution in [2.45, 2.75) is 31.7 Å². The molecule has 1 unspecified atom stereocenters. The smallest absolute Gasteiger partial charge is 0.368 e. The third-order valence-corrected chi connectivity index (χ3v) is 3.05. The zero-order chi connectivity index (χ0) is 14.8. The standard InChI is InChI=1S/C13H15F3N2O2/c14-13(15,16)9-4-8(7-17)5-10(6-9)18-12(19)11-2-1-3-20-11/h4-6,11H,1-3,7,17H2,(H,18,19). The van der Waals surface area contributed by atoms with Crippen molar-refractivity contribution in [2.24, 2.45) is 5.73 Å². The van der Waals surface area contributed by atoms with E-state index >= 15 is 0 Å². The van der Waals surface area contributed by atoms with Gasteiger partial charge in [-0.15, -0.1) is 0 Å². The number of hydrogen-bond donors (Lipinski definition) is 2. The van der Waals surface area contributed by atoms with Crippen LogP contribution in [0.5, 0.6) is 0 Å². The molecule has 0 aromatic heterocycles. The van der Waals surface area contributed by atoms with Crippen LogP contribution in [0.4, 0.5) is 18.9 Å². The average Bonchev–Trinajstić information content (AvgIpc) is 2.91. The summed E-state index contributed by atoms with van der Waals surface area (Å²) in [6, 6.07) is 3.30. The zero-order valence-electron chi connectivity index (χ0n) is 10.7. The lowest BCUT2D eigenvalue weighted by Crippen LogP contribution is -2.27. The Bertz CT molecular complexity index is 497. The van der Waals surface area contributed by atoms with Crippen molar-refractivity contribution in [1.82, 2.24) is 0 Å². The van der Waals surface area contributed by atoms with E-state index in [4.69, 9.17) is 10.5 Å². The molecule has 2 rings (SSSR count). The summed E-state index contributed by atoms with van der Waals surface area (Å²) >= 11 is 0. The number of anilines is 1. The van der Waals surface area contributed by atoms with Crippen LogP contribution in [0.1, 0.15) is 24.0 Å². The van der Waals surface area contributed by atoms with Crippen LogP contribution in [0, 0.1) is 0 Å². The van der Waals surface area contributed by atoms with Crippen molar-refractivity contribution in [3.05, 3.63) is 29.3 Å². The van der Waals surface area contributed by atoms with Crippen molar-refractivity contribution < 1.29 is 22.7 Å². The molecular formula is C13H15F3N2O2. The Hall–Kier alpha value is -1.60. The highest BCUT2D eigenvalue weighted by Gasteiger charge is 2.31. The first kappa shape index (κ1) is 14.8. The van der Waals surface area contributed by atoms with Crippen molar-refractivity contribution in [3.63, 3.8) is 0 Å². The Kier molecular flexibility index (Phi) is 4.29. The first-order valence-electron chi connectivity index (χ1n) is 6.24. The minimum atomic E-state index is -4.48. The van der Waals surface area contributed by atoms with Crippen LogP contribution in [-0.2, 0) is 22.3 Å². The van der Waals surface area contributed by atoms with E-state index < -0.39 is 23.8 Å². The number of benzene rings is 1. The molecule has 0 saturated carbocycles. The lowest BCUT2D eigenvalue weighted by molar-refractivity contribution is -0.137. The molecule has 3 N–H and O–H groups in total. The summed E-state index contributed by atoms with van der Waals surface area (Å²) in [5, 5.41) is 2.45. The fraction of sp³-hybridized carbons (Fsp3) is 0.462. The summed E-state index contributed by atoms with van der Waals surface area (Å²) in [4.78, 5) is 11.8. The molecule has 20 heavy (non-hydrogen) atoms. The van der Waals surface area contributed by atoms with Gasteiger partial charge < -0.3 is 15.8 Å². The van der Waals surface area contributed by atoms with E-state index in [1.54, 1.807) is 0 Å². The molecule has 7 heteroatoms. The first-order valence-corrected chi connectivity index (χ1v) is 6.24. The summed E-state index contributed by atoms with van der Waals surface area (Å²) in [6.07, 6.45) is -3.72. The van der Waals surface area contributed by atoms with E-state index in [0.29, 0.717) is 18.6 Å². The molecule has 4 nitrogen and oxygen atoms in total. The lowest BCUT2D eigenvalue weighted by Gasteiger charge is -2.14. The van der Waals surface area contributed by atoms with Crippen LogP contribution in [0.15, 0.2) is 18.2 Å². The van der Waals surface area contributed by atoms with Gasteiger partial charge in [0.05, 0.1) is 5.56 Å². The maximum atomic E-state index is 12.7. The molecule has 1 amide bonds. The van der Waals surface area contributed by atoms with Gasteiger partial charge in [-0.25, -0.2) is 0 Å². The minimum absolute atomic E-state index is 0.0350. The summed E-state index contributed by atoms with van der Waals surface area (Å²) in [5.74, 6) is -0.426. The number of carbonyl (C=O) groups excluding carboxylic acids is 1. The molecule has 1 aromatic rings. The number of halogens is 3. The van der Waals surface area contributed by atoms with E-state index in [0.717, 1.165) is 18.6 Å². The fourth-order valence-corrected chi connectivity index (χ4v) is 2.05. The normalized spacial score (nSPS) is 19.1. The predicted molar refractivity (Wildman–Crippen MR) is 66.9 cm³/mol. The molecule has 1 saturated heterocycles. The highest BCUT2D eigenvalue weighted by Crippen LogP contribution is 2.32. The highest BCUT2D eigenvalue weighted by molar-refractivity contribution is 5.94. The van der Waals surface area contributed by atoms with Gasteiger partial charge in [-0.3, -0.25) is 4.79 Å².